The Labute approximate surface area is 256 Å². The molecular weight excluding hydrogens is 552 g/mol. The quantitative estimate of drug-likeness (QED) is 0.267. The van der Waals surface area contributed by atoms with Crippen molar-refractivity contribution in [1.29, 1.82) is 0 Å². The summed E-state index contributed by atoms with van der Waals surface area (Å²) in [5.41, 5.74) is 13.3. The van der Waals surface area contributed by atoms with Crippen molar-refractivity contribution in [1.82, 2.24) is 24.0 Å². The molecule has 2 saturated carbocycles. The Morgan fingerprint density at radius 3 is 2.52 bits per heavy atom. The van der Waals surface area contributed by atoms with Gasteiger partial charge in [0.1, 0.15) is 16.9 Å². The molecule has 1 amide bonds. The van der Waals surface area contributed by atoms with Crippen LogP contribution < -0.4 is 10.5 Å². The molecule has 4 heterocycles. The topological polar surface area (TPSA) is 111 Å². The van der Waals surface area contributed by atoms with Gasteiger partial charge >= 0.3 is 0 Å². The molecule has 1 saturated heterocycles. The number of aryl methyl sites for hydroxylation is 1. The van der Waals surface area contributed by atoms with Crippen molar-refractivity contribution in [3.63, 3.8) is 0 Å². The van der Waals surface area contributed by atoms with Crippen LogP contribution in [-0.2, 0) is 13.6 Å². The van der Waals surface area contributed by atoms with Crippen LogP contribution in [0, 0.1) is 11.8 Å². The Balaban J connectivity index is 1.22. The predicted molar refractivity (Wildman–Crippen MR) is 170 cm³/mol. The predicted octanol–water partition coefficient (Wildman–Crippen LogP) is 5.29. The zero-order valence-electron chi connectivity index (χ0n) is 25.4. The summed E-state index contributed by atoms with van der Waals surface area (Å²) in [5.74, 6) is 2.46. The molecule has 3 fully saturated rings. The molecule has 3 aliphatic rings. The molecule has 9 heteroatoms. The lowest BCUT2D eigenvalue weighted by Crippen LogP contribution is -2.41. The highest BCUT2D eigenvalue weighted by molar-refractivity contribution is 6.00. The van der Waals surface area contributed by atoms with Crippen LogP contribution in [-0.4, -0.2) is 60.8 Å². The van der Waals surface area contributed by atoms with Gasteiger partial charge < -0.3 is 29.6 Å². The Morgan fingerprint density at radius 2 is 1.86 bits per heavy atom. The van der Waals surface area contributed by atoms with Gasteiger partial charge in [-0.2, -0.15) is 0 Å². The lowest BCUT2D eigenvalue weighted by atomic mass is 10.1. The molecule has 8 rings (SSSR count). The molecule has 2 aromatic carbocycles. The van der Waals surface area contributed by atoms with Crippen LogP contribution in [0.25, 0.3) is 44.8 Å². The average molecular weight is 591 g/mol. The van der Waals surface area contributed by atoms with E-state index >= 15 is 0 Å². The molecule has 3 N–H and O–H groups in total. The minimum Gasteiger partial charge on any atom is -0.494 e. The summed E-state index contributed by atoms with van der Waals surface area (Å²) in [5, 5.41) is 11.0. The molecule has 2 aliphatic carbocycles. The fourth-order valence-corrected chi connectivity index (χ4v) is 7.42. The van der Waals surface area contributed by atoms with Crippen LogP contribution in [0.2, 0.25) is 0 Å². The first-order chi connectivity index (χ1) is 21.3. The smallest absolute Gasteiger partial charge is 0.254 e. The van der Waals surface area contributed by atoms with Gasteiger partial charge in [-0.05, 0) is 80.3 Å². The molecule has 44 heavy (non-hydrogen) atoms. The fourth-order valence-electron chi connectivity index (χ4n) is 7.42. The first-order valence-electron chi connectivity index (χ1n) is 15.7. The van der Waals surface area contributed by atoms with Crippen molar-refractivity contribution < 1.29 is 14.6 Å². The number of fused-ring (bicyclic) bond motifs is 4. The number of aliphatic hydroxyl groups excluding tert-OH is 1. The summed E-state index contributed by atoms with van der Waals surface area (Å²) in [7, 11) is 3.65. The summed E-state index contributed by atoms with van der Waals surface area (Å²) < 4.78 is 10.2. The van der Waals surface area contributed by atoms with E-state index in [2.05, 4.69) is 27.3 Å². The summed E-state index contributed by atoms with van der Waals surface area (Å²) in [4.78, 5) is 25.9. The molecule has 226 valence electrons. The molecule has 1 aliphatic heterocycles. The first-order valence-corrected chi connectivity index (χ1v) is 15.7. The Bertz CT molecular complexity index is 1920. The van der Waals surface area contributed by atoms with Crippen LogP contribution in [0.5, 0.6) is 5.75 Å². The molecule has 0 radical (unpaired) electrons. The Kier molecular flexibility index (Phi) is 6.32. The van der Waals surface area contributed by atoms with E-state index in [4.69, 9.17) is 20.4 Å². The number of methoxy groups -OCH3 is 1. The summed E-state index contributed by atoms with van der Waals surface area (Å²) in [6, 6.07) is 18.2. The molecular formula is C35H38N6O3. The van der Waals surface area contributed by atoms with E-state index < -0.39 is 6.10 Å². The van der Waals surface area contributed by atoms with Crippen LogP contribution >= 0.6 is 0 Å². The largest absolute Gasteiger partial charge is 0.494 e. The molecule has 5 aromatic rings. The van der Waals surface area contributed by atoms with Gasteiger partial charge in [-0.25, -0.2) is 9.97 Å². The van der Waals surface area contributed by atoms with Crippen molar-refractivity contribution in [2.45, 2.75) is 57.3 Å². The van der Waals surface area contributed by atoms with Crippen molar-refractivity contribution >= 4 is 28.0 Å². The third kappa shape index (κ3) is 4.32. The monoisotopic (exact) mass is 590 g/mol. The zero-order valence-corrected chi connectivity index (χ0v) is 25.4. The van der Waals surface area contributed by atoms with Crippen LogP contribution in [0.3, 0.4) is 0 Å². The van der Waals surface area contributed by atoms with Crippen LogP contribution in [0.1, 0.15) is 54.6 Å². The molecule has 3 unspecified atom stereocenters. The van der Waals surface area contributed by atoms with E-state index in [9.17, 15) is 9.90 Å². The number of piperidine rings is 1. The number of benzene rings is 2. The number of imidazole rings is 1. The minimum absolute atomic E-state index is 0.00103. The highest BCUT2D eigenvalue weighted by Gasteiger charge is 2.47. The van der Waals surface area contributed by atoms with Gasteiger partial charge in [-0.15, -0.1) is 0 Å². The van der Waals surface area contributed by atoms with Crippen molar-refractivity contribution in [3.8, 4) is 28.5 Å². The highest BCUT2D eigenvalue weighted by atomic mass is 16.5. The van der Waals surface area contributed by atoms with Gasteiger partial charge in [0.05, 0.1) is 30.1 Å². The summed E-state index contributed by atoms with van der Waals surface area (Å²) >= 11 is 0. The van der Waals surface area contributed by atoms with Crippen molar-refractivity contribution in [2.75, 3.05) is 13.7 Å². The minimum atomic E-state index is -0.507. The SMILES string of the molecule is COc1cc(C(=O)N2CC3CCC2[C@@H]3N)cc2nc(-c3cc4ccc(-c5ccc(C(C)O)cc5)nc4n3CC3CC3)n(C)c12. The van der Waals surface area contributed by atoms with E-state index in [0.717, 1.165) is 76.3 Å². The van der Waals surface area contributed by atoms with E-state index in [-0.39, 0.29) is 18.0 Å². The van der Waals surface area contributed by atoms with Gasteiger partial charge in [-0.3, -0.25) is 4.79 Å². The standard InChI is InChI=1S/C35H38N6O3/c1-19(42)21-6-8-22(9-7-21)26-12-10-23-15-29(40(33(23)37-26)17-20-4-5-20)34-38-27-14-25(16-30(44-3)32(27)39(34)2)35(43)41-18-24-11-13-28(41)31(24)36/h6-10,12,14-16,19-20,24,28,31,42H,4-5,11,13,17-18,36H2,1-3H3/t19?,24?,28?,31-/m1/s1. The number of carbonyl (C=O) groups is 1. The van der Waals surface area contributed by atoms with Gasteiger partial charge in [0.2, 0.25) is 0 Å². The number of likely N-dealkylation sites (tertiary alicyclic amines) is 1. The number of rotatable bonds is 7. The number of pyridine rings is 1. The lowest BCUT2D eigenvalue weighted by molar-refractivity contribution is 0.0700. The normalized spacial score (nSPS) is 21.9. The van der Waals surface area contributed by atoms with Gasteiger partial charge in [0.25, 0.3) is 5.91 Å². The number of carbonyl (C=O) groups excluding carboxylic acids is 1. The third-order valence-electron chi connectivity index (χ3n) is 10.1. The Hall–Kier alpha value is -4.21. The molecule has 2 bridgehead atoms. The molecule has 9 nitrogen and oxygen atoms in total. The van der Waals surface area contributed by atoms with Crippen LogP contribution in [0.15, 0.2) is 54.6 Å². The summed E-state index contributed by atoms with van der Waals surface area (Å²) in [6.45, 7) is 3.37. The number of amides is 1. The zero-order chi connectivity index (χ0) is 30.3. The van der Waals surface area contributed by atoms with Gasteiger partial charge in [0, 0.05) is 48.7 Å². The lowest BCUT2D eigenvalue weighted by Gasteiger charge is -2.27. The third-order valence-corrected chi connectivity index (χ3v) is 10.1. The highest BCUT2D eigenvalue weighted by Crippen LogP contribution is 2.40. The summed E-state index contributed by atoms with van der Waals surface area (Å²) in [6.07, 6.45) is 3.99. The van der Waals surface area contributed by atoms with E-state index in [1.165, 1.54) is 12.8 Å². The number of ether oxygens (including phenoxy) is 1. The number of aliphatic hydroxyl groups is 1. The van der Waals surface area contributed by atoms with Crippen LogP contribution in [0.4, 0.5) is 0 Å². The second kappa shape index (κ2) is 10.2. The van der Waals surface area contributed by atoms with Gasteiger partial charge in [0.15, 0.2) is 5.82 Å². The second-order valence-electron chi connectivity index (χ2n) is 13.0. The van der Waals surface area contributed by atoms with E-state index in [1.807, 2.05) is 48.3 Å². The number of hydrogen-bond donors (Lipinski definition) is 2. The number of hydrogen-bond acceptors (Lipinski definition) is 6. The number of nitrogens with two attached hydrogens (primary N) is 1. The van der Waals surface area contributed by atoms with Crippen molar-refractivity contribution in [2.24, 2.45) is 24.6 Å². The van der Waals surface area contributed by atoms with Gasteiger partial charge in [-0.1, -0.05) is 24.3 Å². The molecule has 4 atom stereocenters. The maximum Gasteiger partial charge on any atom is 0.254 e. The van der Waals surface area contributed by atoms with E-state index in [1.54, 1.807) is 14.0 Å². The first kappa shape index (κ1) is 27.3. The Morgan fingerprint density at radius 1 is 1.07 bits per heavy atom. The number of aromatic nitrogens is 4. The van der Waals surface area contributed by atoms with E-state index in [0.29, 0.717) is 23.1 Å². The van der Waals surface area contributed by atoms with Crippen molar-refractivity contribution in [3.05, 3.63) is 65.7 Å². The maximum absolute atomic E-state index is 13.7. The molecule has 0 spiro atoms. The number of nitrogens with zero attached hydrogens (tertiary/aromatic N) is 5. The fraction of sp³-hybridized carbons (Fsp3) is 0.400. The molecule has 3 aromatic heterocycles. The second-order valence-corrected chi connectivity index (χ2v) is 13.0. The average Bonchev–Trinajstić information content (AvgIpc) is 3.44. The maximum atomic E-state index is 13.7.